The summed E-state index contributed by atoms with van der Waals surface area (Å²) in [6.07, 6.45) is 0. The Morgan fingerprint density at radius 2 is 1.43 bits per heavy atom. The van der Waals surface area contributed by atoms with Crippen molar-refractivity contribution >= 4 is 11.4 Å². The minimum absolute atomic E-state index is 0.596. The number of nitrogen functional groups attached to an aromatic ring is 2. The van der Waals surface area contributed by atoms with Gasteiger partial charge in [0.25, 0.3) is 0 Å². The Hall–Kier alpha value is -2.94. The molecule has 0 saturated carbocycles. The largest absolute Gasteiger partial charge is 0.455 e. The van der Waals surface area contributed by atoms with Gasteiger partial charge in [0.2, 0.25) is 0 Å². The Morgan fingerprint density at radius 3 is 2.14 bits per heavy atom. The zero-order valence-corrected chi connectivity index (χ0v) is 11.5. The molecule has 0 aliphatic carbocycles. The predicted octanol–water partition coefficient (Wildman–Crippen LogP) is 4.31. The molecule has 0 atom stereocenters. The standard InChI is InChI=1S/C18H16N2O/c19-15-6-4-5-13(11-15)14-9-10-18(17(20)12-14)21-16-7-2-1-3-8-16/h1-12H,19-20H2. The Balaban J connectivity index is 1.90. The minimum Gasteiger partial charge on any atom is -0.455 e. The van der Waals surface area contributed by atoms with Crippen LogP contribution in [0, 0.1) is 0 Å². The van der Waals surface area contributed by atoms with Crippen molar-refractivity contribution in [3.05, 3.63) is 72.8 Å². The molecule has 0 amide bonds. The van der Waals surface area contributed by atoms with Crippen molar-refractivity contribution in [1.82, 2.24) is 0 Å². The smallest absolute Gasteiger partial charge is 0.150 e. The molecule has 3 aromatic carbocycles. The van der Waals surface area contributed by atoms with Gasteiger partial charge in [-0.1, -0.05) is 36.4 Å². The second-order valence-electron chi connectivity index (χ2n) is 4.79. The van der Waals surface area contributed by atoms with Crippen LogP contribution >= 0.6 is 0 Å². The normalized spacial score (nSPS) is 10.3. The van der Waals surface area contributed by atoms with Gasteiger partial charge in [-0.05, 0) is 47.5 Å². The average Bonchev–Trinajstić information content (AvgIpc) is 2.50. The number of benzene rings is 3. The van der Waals surface area contributed by atoms with Crippen molar-refractivity contribution in [3.8, 4) is 22.6 Å². The molecule has 0 aromatic heterocycles. The maximum Gasteiger partial charge on any atom is 0.150 e. The van der Waals surface area contributed by atoms with E-state index in [2.05, 4.69) is 0 Å². The van der Waals surface area contributed by atoms with Crippen LogP contribution in [0.15, 0.2) is 72.8 Å². The number of hydrogen-bond donors (Lipinski definition) is 2. The van der Waals surface area contributed by atoms with Gasteiger partial charge in [0.05, 0.1) is 5.69 Å². The van der Waals surface area contributed by atoms with Gasteiger partial charge in [-0.2, -0.15) is 0 Å². The molecule has 3 nitrogen and oxygen atoms in total. The first-order chi connectivity index (χ1) is 10.2. The molecule has 0 bridgehead atoms. The molecule has 0 unspecified atom stereocenters. The molecule has 0 radical (unpaired) electrons. The molecule has 21 heavy (non-hydrogen) atoms. The molecular formula is C18H16N2O. The summed E-state index contributed by atoms with van der Waals surface area (Å²) in [4.78, 5) is 0. The van der Waals surface area contributed by atoms with E-state index < -0.39 is 0 Å². The van der Waals surface area contributed by atoms with E-state index in [9.17, 15) is 0 Å². The molecule has 0 fully saturated rings. The highest BCUT2D eigenvalue weighted by Crippen LogP contribution is 2.32. The molecule has 0 saturated heterocycles. The van der Waals surface area contributed by atoms with Crippen molar-refractivity contribution in [2.45, 2.75) is 0 Å². The van der Waals surface area contributed by atoms with Crippen LogP contribution < -0.4 is 16.2 Å². The third kappa shape index (κ3) is 2.98. The third-order valence-corrected chi connectivity index (χ3v) is 3.20. The predicted molar refractivity (Wildman–Crippen MR) is 87.2 cm³/mol. The van der Waals surface area contributed by atoms with E-state index in [1.54, 1.807) is 0 Å². The van der Waals surface area contributed by atoms with E-state index in [0.717, 1.165) is 22.6 Å². The number of nitrogens with two attached hydrogens (primary N) is 2. The van der Waals surface area contributed by atoms with Gasteiger partial charge in [-0.15, -0.1) is 0 Å². The highest BCUT2D eigenvalue weighted by molar-refractivity contribution is 5.73. The summed E-state index contributed by atoms with van der Waals surface area (Å²) in [5.41, 5.74) is 15.3. The summed E-state index contributed by atoms with van der Waals surface area (Å²) in [5.74, 6) is 1.41. The van der Waals surface area contributed by atoms with Crippen LogP contribution in [-0.4, -0.2) is 0 Å². The van der Waals surface area contributed by atoms with Crippen molar-refractivity contribution in [3.63, 3.8) is 0 Å². The van der Waals surface area contributed by atoms with E-state index in [4.69, 9.17) is 16.2 Å². The molecule has 104 valence electrons. The number of para-hydroxylation sites is 1. The quantitative estimate of drug-likeness (QED) is 0.701. The van der Waals surface area contributed by atoms with Crippen molar-refractivity contribution in [2.75, 3.05) is 11.5 Å². The van der Waals surface area contributed by atoms with Gasteiger partial charge in [-0.3, -0.25) is 0 Å². The Kier molecular flexibility index (Phi) is 3.48. The Morgan fingerprint density at radius 1 is 0.667 bits per heavy atom. The van der Waals surface area contributed by atoms with Crippen LogP contribution in [0.3, 0.4) is 0 Å². The molecule has 0 heterocycles. The van der Waals surface area contributed by atoms with Gasteiger partial charge in [-0.25, -0.2) is 0 Å². The van der Waals surface area contributed by atoms with Gasteiger partial charge < -0.3 is 16.2 Å². The van der Waals surface area contributed by atoms with Crippen molar-refractivity contribution < 1.29 is 4.74 Å². The lowest BCUT2D eigenvalue weighted by Crippen LogP contribution is -1.93. The molecule has 0 spiro atoms. The summed E-state index contributed by atoms with van der Waals surface area (Å²) >= 11 is 0. The fourth-order valence-electron chi connectivity index (χ4n) is 2.15. The van der Waals surface area contributed by atoms with Gasteiger partial charge in [0.15, 0.2) is 0 Å². The second kappa shape index (κ2) is 5.59. The molecule has 3 heteroatoms. The first kappa shape index (κ1) is 13.1. The monoisotopic (exact) mass is 276 g/mol. The number of rotatable bonds is 3. The summed E-state index contributed by atoms with van der Waals surface area (Å²) in [6, 6.07) is 23.0. The van der Waals surface area contributed by atoms with Crippen LogP contribution in [0.5, 0.6) is 11.5 Å². The fourth-order valence-corrected chi connectivity index (χ4v) is 2.15. The Labute approximate surface area is 123 Å². The SMILES string of the molecule is Nc1cccc(-c2ccc(Oc3ccccc3)c(N)c2)c1. The van der Waals surface area contributed by atoms with E-state index in [1.807, 2.05) is 72.8 Å². The lowest BCUT2D eigenvalue weighted by Gasteiger charge is -2.10. The fraction of sp³-hybridized carbons (Fsp3) is 0. The molecule has 3 rings (SSSR count). The van der Waals surface area contributed by atoms with E-state index in [1.165, 1.54) is 0 Å². The van der Waals surface area contributed by atoms with Gasteiger partial charge in [0, 0.05) is 5.69 Å². The van der Waals surface area contributed by atoms with E-state index in [-0.39, 0.29) is 0 Å². The van der Waals surface area contributed by atoms with Crippen LogP contribution in [0.1, 0.15) is 0 Å². The van der Waals surface area contributed by atoms with Crippen LogP contribution in [-0.2, 0) is 0 Å². The van der Waals surface area contributed by atoms with Gasteiger partial charge in [0.1, 0.15) is 11.5 Å². The van der Waals surface area contributed by atoms with Crippen molar-refractivity contribution in [1.29, 1.82) is 0 Å². The van der Waals surface area contributed by atoms with Gasteiger partial charge >= 0.3 is 0 Å². The van der Waals surface area contributed by atoms with Crippen LogP contribution in [0.2, 0.25) is 0 Å². The highest BCUT2D eigenvalue weighted by Gasteiger charge is 2.05. The summed E-state index contributed by atoms with van der Waals surface area (Å²) < 4.78 is 5.77. The van der Waals surface area contributed by atoms with Crippen molar-refractivity contribution in [2.24, 2.45) is 0 Å². The molecular weight excluding hydrogens is 260 g/mol. The zero-order chi connectivity index (χ0) is 14.7. The lowest BCUT2D eigenvalue weighted by atomic mass is 10.0. The molecule has 0 aliphatic heterocycles. The maximum absolute atomic E-state index is 6.09. The average molecular weight is 276 g/mol. The zero-order valence-electron chi connectivity index (χ0n) is 11.5. The topological polar surface area (TPSA) is 61.3 Å². The second-order valence-corrected chi connectivity index (χ2v) is 4.79. The minimum atomic E-state index is 0.596. The highest BCUT2D eigenvalue weighted by atomic mass is 16.5. The summed E-state index contributed by atoms with van der Waals surface area (Å²) in [5, 5.41) is 0. The third-order valence-electron chi connectivity index (χ3n) is 3.20. The van der Waals surface area contributed by atoms with Crippen LogP contribution in [0.4, 0.5) is 11.4 Å². The summed E-state index contributed by atoms with van der Waals surface area (Å²) in [6.45, 7) is 0. The first-order valence-electron chi connectivity index (χ1n) is 6.71. The first-order valence-corrected chi connectivity index (χ1v) is 6.71. The number of hydrogen-bond acceptors (Lipinski definition) is 3. The number of ether oxygens (including phenoxy) is 1. The van der Waals surface area contributed by atoms with Crippen LogP contribution in [0.25, 0.3) is 11.1 Å². The summed E-state index contributed by atoms with van der Waals surface area (Å²) in [7, 11) is 0. The maximum atomic E-state index is 6.09. The molecule has 4 N–H and O–H groups in total. The lowest BCUT2D eigenvalue weighted by molar-refractivity contribution is 0.485. The molecule has 3 aromatic rings. The number of anilines is 2. The van der Waals surface area contributed by atoms with E-state index >= 15 is 0 Å². The van der Waals surface area contributed by atoms with E-state index in [0.29, 0.717) is 11.4 Å². The Bertz CT molecular complexity index is 754. The molecule has 0 aliphatic rings.